The Bertz CT molecular complexity index is 514. The monoisotopic (exact) mass is 310 g/mol. The van der Waals surface area contributed by atoms with E-state index in [9.17, 15) is 4.79 Å². The minimum atomic E-state index is 0.260. The molecule has 7 heteroatoms. The van der Waals surface area contributed by atoms with Gasteiger partial charge in [0.25, 0.3) is 0 Å². The molecule has 0 saturated carbocycles. The molecule has 0 radical (unpaired) electrons. The highest BCUT2D eigenvalue weighted by Gasteiger charge is 2.44. The first-order valence-electron chi connectivity index (χ1n) is 7.25. The molecular formula is C13H18N4OS2. The van der Waals surface area contributed by atoms with E-state index >= 15 is 0 Å². The summed E-state index contributed by atoms with van der Waals surface area (Å²) in [5, 5.41) is 4.22. The van der Waals surface area contributed by atoms with Crippen molar-refractivity contribution in [2.45, 2.75) is 31.3 Å². The summed E-state index contributed by atoms with van der Waals surface area (Å²) in [4.78, 5) is 18.4. The number of fused-ring (bicyclic) bond motifs is 4. The smallest absolute Gasteiger partial charge is 0.237 e. The van der Waals surface area contributed by atoms with Crippen molar-refractivity contribution in [3.05, 3.63) is 10.6 Å². The fraction of sp³-hybridized carbons (Fsp3) is 0.769. The number of aromatic nitrogens is 2. The number of hydrogen-bond donors (Lipinski definition) is 0. The summed E-state index contributed by atoms with van der Waals surface area (Å²) in [6.45, 7) is 2.69. The molecule has 0 aromatic carbocycles. The molecule has 0 unspecified atom stereocenters. The number of thioether (sulfide) groups is 1. The van der Waals surface area contributed by atoms with Crippen molar-refractivity contribution in [2.24, 2.45) is 0 Å². The second-order valence-corrected chi connectivity index (χ2v) is 7.73. The summed E-state index contributed by atoms with van der Waals surface area (Å²) in [7, 11) is 0. The number of amides is 1. The van der Waals surface area contributed by atoms with Crippen molar-refractivity contribution in [1.82, 2.24) is 19.4 Å². The third kappa shape index (κ3) is 2.16. The van der Waals surface area contributed by atoms with Crippen molar-refractivity contribution in [1.29, 1.82) is 0 Å². The van der Waals surface area contributed by atoms with Gasteiger partial charge in [-0.05, 0) is 24.4 Å². The van der Waals surface area contributed by atoms with Crippen molar-refractivity contribution < 1.29 is 4.79 Å². The molecule has 1 aromatic heterocycles. The van der Waals surface area contributed by atoms with E-state index < -0.39 is 0 Å². The Hall–Kier alpha value is -0.660. The zero-order valence-corrected chi connectivity index (χ0v) is 13.0. The number of carbonyl (C=O) groups is 1. The van der Waals surface area contributed by atoms with Crippen LogP contribution in [-0.2, 0) is 11.2 Å². The zero-order valence-electron chi connectivity index (χ0n) is 11.3. The molecule has 2 saturated heterocycles. The van der Waals surface area contributed by atoms with Crippen molar-refractivity contribution >= 4 is 29.2 Å². The first-order chi connectivity index (χ1) is 9.83. The van der Waals surface area contributed by atoms with Gasteiger partial charge in [-0.2, -0.15) is 11.8 Å². The lowest BCUT2D eigenvalue weighted by Crippen LogP contribution is -2.47. The molecule has 0 N–H and O–H groups in total. The van der Waals surface area contributed by atoms with E-state index in [2.05, 4.69) is 19.4 Å². The lowest BCUT2D eigenvalue weighted by atomic mass is 10.1. The Morgan fingerprint density at radius 3 is 3.00 bits per heavy atom. The summed E-state index contributed by atoms with van der Waals surface area (Å²) in [5.74, 6) is 2.62. The first kappa shape index (κ1) is 13.0. The largest absolute Gasteiger partial charge is 0.330 e. The van der Waals surface area contributed by atoms with Gasteiger partial charge < -0.3 is 4.90 Å². The quantitative estimate of drug-likeness (QED) is 0.821. The number of rotatable bonds is 2. The standard InChI is InChI=1S/C13H18N4OS2/c18-12(8-16-3-5-19-6-4-16)17-9-1-2-11(17)13-10(7-9)14-15-20-13/h9,11H,1-8H2/t9-,11+/m0/s1. The van der Waals surface area contributed by atoms with Gasteiger partial charge >= 0.3 is 0 Å². The summed E-state index contributed by atoms with van der Waals surface area (Å²) in [6.07, 6.45) is 3.11. The van der Waals surface area contributed by atoms with Crippen molar-refractivity contribution in [3.63, 3.8) is 0 Å². The van der Waals surface area contributed by atoms with Crippen LogP contribution in [0.2, 0.25) is 0 Å². The third-order valence-electron chi connectivity index (χ3n) is 4.57. The SMILES string of the molecule is O=C(CN1CCSCC1)N1[C@H]2CC[C@@H]1c1snnc1C2. The summed E-state index contributed by atoms with van der Waals surface area (Å²) in [6, 6.07) is 0.624. The predicted molar refractivity (Wildman–Crippen MR) is 80.0 cm³/mol. The summed E-state index contributed by atoms with van der Waals surface area (Å²) >= 11 is 3.47. The van der Waals surface area contributed by atoms with Crippen molar-refractivity contribution in [3.8, 4) is 0 Å². The molecule has 1 aromatic rings. The molecule has 3 aliphatic rings. The molecule has 20 heavy (non-hydrogen) atoms. The van der Waals surface area contributed by atoms with Crippen LogP contribution in [0.1, 0.15) is 29.5 Å². The van der Waals surface area contributed by atoms with Gasteiger partial charge in [-0.25, -0.2) is 0 Å². The lowest BCUT2D eigenvalue weighted by molar-refractivity contribution is -0.135. The van der Waals surface area contributed by atoms with Crippen LogP contribution in [0, 0.1) is 0 Å². The van der Waals surface area contributed by atoms with Gasteiger partial charge in [0.2, 0.25) is 5.91 Å². The van der Waals surface area contributed by atoms with E-state index in [-0.39, 0.29) is 6.04 Å². The van der Waals surface area contributed by atoms with Crippen molar-refractivity contribution in [2.75, 3.05) is 31.1 Å². The highest BCUT2D eigenvalue weighted by molar-refractivity contribution is 7.99. The molecule has 1 amide bonds. The van der Waals surface area contributed by atoms with Crippen LogP contribution in [0.5, 0.6) is 0 Å². The molecular weight excluding hydrogens is 292 g/mol. The number of nitrogens with zero attached hydrogens (tertiary/aromatic N) is 4. The van der Waals surface area contributed by atoms with Crippen LogP contribution in [0.4, 0.5) is 0 Å². The van der Waals surface area contributed by atoms with Gasteiger partial charge in [0.05, 0.1) is 23.2 Å². The van der Waals surface area contributed by atoms with Crippen LogP contribution in [0.3, 0.4) is 0 Å². The molecule has 108 valence electrons. The Kier molecular flexibility index (Phi) is 3.44. The van der Waals surface area contributed by atoms with E-state index in [1.807, 2.05) is 11.8 Å². The second kappa shape index (κ2) is 5.27. The molecule has 3 aliphatic heterocycles. The van der Waals surface area contributed by atoms with Gasteiger partial charge in [0.15, 0.2) is 0 Å². The summed E-state index contributed by atoms with van der Waals surface area (Å²) < 4.78 is 4.07. The third-order valence-corrected chi connectivity index (χ3v) is 6.38. The Morgan fingerprint density at radius 1 is 1.30 bits per heavy atom. The fourth-order valence-corrected chi connectivity index (χ4v) is 5.37. The molecule has 5 nitrogen and oxygen atoms in total. The van der Waals surface area contributed by atoms with Gasteiger partial charge in [-0.15, -0.1) is 5.10 Å². The predicted octanol–water partition coefficient (Wildman–Crippen LogP) is 1.18. The Morgan fingerprint density at radius 2 is 2.15 bits per heavy atom. The fourth-order valence-electron chi connectivity index (χ4n) is 3.58. The van der Waals surface area contributed by atoms with E-state index in [4.69, 9.17) is 0 Å². The number of carbonyl (C=O) groups excluding carboxylic acids is 1. The maximum atomic E-state index is 12.7. The van der Waals surface area contributed by atoms with E-state index in [1.54, 1.807) is 0 Å². The van der Waals surface area contributed by atoms with Gasteiger partial charge in [-0.1, -0.05) is 4.49 Å². The Balaban J connectivity index is 1.50. The molecule has 0 spiro atoms. The minimum Gasteiger partial charge on any atom is -0.330 e. The van der Waals surface area contributed by atoms with Gasteiger partial charge in [0, 0.05) is 37.1 Å². The van der Waals surface area contributed by atoms with Crippen LogP contribution < -0.4 is 0 Å². The molecule has 4 rings (SSSR count). The lowest BCUT2D eigenvalue weighted by Gasteiger charge is -2.36. The maximum absolute atomic E-state index is 12.7. The second-order valence-electron chi connectivity index (χ2n) is 5.72. The molecule has 2 bridgehead atoms. The molecule has 4 heterocycles. The van der Waals surface area contributed by atoms with E-state index in [0.717, 1.165) is 49.6 Å². The molecule has 2 atom stereocenters. The van der Waals surface area contributed by atoms with Gasteiger partial charge in [0.1, 0.15) is 0 Å². The van der Waals surface area contributed by atoms with E-state index in [0.29, 0.717) is 18.5 Å². The zero-order chi connectivity index (χ0) is 13.5. The van der Waals surface area contributed by atoms with Crippen LogP contribution in [-0.4, -0.2) is 62.5 Å². The van der Waals surface area contributed by atoms with Gasteiger partial charge in [-0.3, -0.25) is 9.69 Å². The van der Waals surface area contributed by atoms with Crippen LogP contribution >= 0.6 is 23.3 Å². The maximum Gasteiger partial charge on any atom is 0.237 e. The highest BCUT2D eigenvalue weighted by atomic mass is 32.2. The normalized spacial score (nSPS) is 29.5. The number of hydrogen-bond acceptors (Lipinski definition) is 6. The van der Waals surface area contributed by atoms with Crippen LogP contribution in [0.15, 0.2) is 0 Å². The Labute approximate surface area is 126 Å². The molecule has 0 aliphatic carbocycles. The topological polar surface area (TPSA) is 49.3 Å². The van der Waals surface area contributed by atoms with E-state index in [1.165, 1.54) is 16.4 Å². The molecule has 2 fully saturated rings. The first-order valence-corrected chi connectivity index (χ1v) is 9.18. The summed E-state index contributed by atoms with van der Waals surface area (Å²) in [5.41, 5.74) is 1.14. The average molecular weight is 310 g/mol. The highest BCUT2D eigenvalue weighted by Crippen LogP contribution is 2.44. The minimum absolute atomic E-state index is 0.260. The van der Waals surface area contributed by atoms with Crippen LogP contribution in [0.25, 0.3) is 0 Å². The average Bonchev–Trinajstić information content (AvgIpc) is 3.05.